The van der Waals surface area contributed by atoms with E-state index in [1.807, 2.05) is 72.9 Å². The van der Waals surface area contributed by atoms with E-state index in [-0.39, 0.29) is 38.0 Å². The van der Waals surface area contributed by atoms with Gasteiger partial charge in [-0.25, -0.2) is 0 Å². The van der Waals surface area contributed by atoms with Crippen molar-refractivity contribution >= 4 is 17.9 Å². The minimum absolute atomic E-state index is 0.137. The summed E-state index contributed by atoms with van der Waals surface area (Å²) in [7, 11) is 0. The molecule has 0 aliphatic carbocycles. The Morgan fingerprint density at radius 3 is 1.20 bits per heavy atom. The lowest BCUT2D eigenvalue weighted by Crippen LogP contribution is -2.30. The van der Waals surface area contributed by atoms with Gasteiger partial charge >= 0.3 is 17.9 Å². The van der Waals surface area contributed by atoms with Crippen molar-refractivity contribution in [2.75, 3.05) is 13.2 Å². The molecule has 0 bridgehead atoms. The Bertz CT molecular complexity index is 1480. The summed E-state index contributed by atoms with van der Waals surface area (Å²) in [5.41, 5.74) is 0. The normalized spacial score (nSPS) is 13.4. The third kappa shape index (κ3) is 48.3. The summed E-state index contributed by atoms with van der Waals surface area (Å²) < 4.78 is 16.6. The van der Waals surface area contributed by atoms with Crippen molar-refractivity contribution in [3.63, 3.8) is 0 Å². The van der Waals surface area contributed by atoms with Crippen LogP contribution < -0.4 is 0 Å². The highest BCUT2D eigenvalue weighted by Crippen LogP contribution is 2.11. The van der Waals surface area contributed by atoms with Gasteiger partial charge in [-0.15, -0.1) is 0 Å². The predicted octanol–water partition coefficient (Wildman–Crippen LogP) is 16.5. The quantitative estimate of drug-likeness (QED) is 0.0200. The van der Waals surface area contributed by atoms with E-state index in [4.69, 9.17) is 14.2 Å². The first kappa shape index (κ1) is 59.3. The second kappa shape index (κ2) is 50.9. The number of allylic oxidation sites excluding steroid dienone is 24. The zero-order chi connectivity index (χ0) is 46.5. The lowest BCUT2D eigenvalue weighted by atomic mass is 10.1. The van der Waals surface area contributed by atoms with Crippen LogP contribution in [0.2, 0.25) is 0 Å². The first-order chi connectivity index (χ1) is 31.5. The Balaban J connectivity index is 4.65. The Morgan fingerprint density at radius 2 is 0.719 bits per heavy atom. The highest BCUT2D eigenvalue weighted by Gasteiger charge is 2.19. The first-order valence-electron chi connectivity index (χ1n) is 24.9. The third-order valence-corrected chi connectivity index (χ3v) is 9.73. The van der Waals surface area contributed by atoms with Crippen molar-refractivity contribution < 1.29 is 28.6 Å². The van der Waals surface area contributed by atoms with Gasteiger partial charge in [-0.3, -0.25) is 14.4 Å². The van der Waals surface area contributed by atoms with Gasteiger partial charge in [0.1, 0.15) is 13.2 Å². The molecule has 0 heterocycles. The maximum absolute atomic E-state index is 12.8. The zero-order valence-electron chi connectivity index (χ0n) is 40.5. The van der Waals surface area contributed by atoms with Crippen LogP contribution in [0, 0.1) is 0 Å². The van der Waals surface area contributed by atoms with Crippen LogP contribution in [0.25, 0.3) is 0 Å². The molecule has 6 heteroatoms. The zero-order valence-corrected chi connectivity index (χ0v) is 40.5. The highest BCUT2D eigenvalue weighted by molar-refractivity contribution is 5.71. The molecule has 0 radical (unpaired) electrons. The van der Waals surface area contributed by atoms with Gasteiger partial charge in [0.2, 0.25) is 0 Å². The third-order valence-electron chi connectivity index (χ3n) is 9.73. The molecule has 0 spiro atoms. The molecule has 356 valence electrons. The Hall–Kier alpha value is -4.71. The molecule has 6 nitrogen and oxygen atoms in total. The lowest BCUT2D eigenvalue weighted by Gasteiger charge is -2.18. The van der Waals surface area contributed by atoms with Gasteiger partial charge in [0, 0.05) is 19.3 Å². The minimum Gasteiger partial charge on any atom is -0.462 e. The van der Waals surface area contributed by atoms with E-state index in [9.17, 15) is 14.4 Å². The lowest BCUT2D eigenvalue weighted by molar-refractivity contribution is -0.166. The number of esters is 3. The van der Waals surface area contributed by atoms with Crippen LogP contribution in [0.5, 0.6) is 0 Å². The first-order valence-corrected chi connectivity index (χ1v) is 24.9. The standard InChI is InChI=1S/C58H88O6/c1-4-7-10-13-16-19-22-25-27-29-31-33-36-39-42-45-48-51-57(60)63-54-55(53-62-56(59)50-47-44-41-38-35-32-24-21-18-15-12-9-6-3)64-58(61)52-49-46-43-40-37-34-30-28-26-23-20-17-14-11-8-5-2/h7-8,10-11,13,16-17,19-20,22,25-29,31-37,43,46,55H,4-6,9,12,14-15,18,21,23-24,30,38-42,44-45,47-54H2,1-3H3/b10-7-,11-8-,16-13-,20-17-,22-19-,27-25-,28-26-,31-29+,35-32-,36-33-,37-34-,46-43-. The molecular formula is C58H88O6. The fourth-order valence-electron chi connectivity index (χ4n) is 6.04. The smallest absolute Gasteiger partial charge is 0.306 e. The summed E-state index contributed by atoms with van der Waals surface area (Å²) in [4.78, 5) is 37.9. The van der Waals surface area contributed by atoms with Crippen LogP contribution in [0.15, 0.2) is 146 Å². The Labute approximate surface area is 391 Å². The SMILES string of the molecule is CC\C=C/C=C\C=C/C=C\C=C\C=C/CCCCCC(=O)OCC(COC(=O)CCCCC/C=C\CCCCCCCC)OC(=O)CC/C=C\C/C=C\C/C=C\C/C=C\C/C=C\CC. The maximum Gasteiger partial charge on any atom is 0.306 e. The summed E-state index contributed by atoms with van der Waals surface area (Å²) >= 11 is 0. The van der Waals surface area contributed by atoms with E-state index in [2.05, 4.69) is 93.7 Å². The minimum atomic E-state index is -0.848. The fraction of sp³-hybridized carbons (Fsp3) is 0.534. The Kier molecular flexibility index (Phi) is 47.2. The molecule has 0 fully saturated rings. The molecule has 0 aliphatic heterocycles. The molecule has 1 atom stereocenters. The molecule has 64 heavy (non-hydrogen) atoms. The van der Waals surface area contributed by atoms with Gasteiger partial charge < -0.3 is 14.2 Å². The van der Waals surface area contributed by atoms with Gasteiger partial charge in [-0.1, -0.05) is 212 Å². The van der Waals surface area contributed by atoms with Crippen molar-refractivity contribution in [1.29, 1.82) is 0 Å². The van der Waals surface area contributed by atoms with Crippen LogP contribution in [0.3, 0.4) is 0 Å². The monoisotopic (exact) mass is 881 g/mol. The van der Waals surface area contributed by atoms with Crippen LogP contribution in [-0.4, -0.2) is 37.2 Å². The molecule has 0 rings (SSSR count). The number of unbranched alkanes of at least 4 members (excludes halogenated alkanes) is 12. The second-order valence-electron chi connectivity index (χ2n) is 15.8. The number of ether oxygens (including phenoxy) is 3. The van der Waals surface area contributed by atoms with Gasteiger partial charge in [0.05, 0.1) is 0 Å². The molecule has 1 unspecified atom stereocenters. The average Bonchev–Trinajstić information content (AvgIpc) is 3.29. The van der Waals surface area contributed by atoms with E-state index in [0.717, 1.165) is 89.9 Å². The topological polar surface area (TPSA) is 78.9 Å². The van der Waals surface area contributed by atoms with Gasteiger partial charge in [-0.2, -0.15) is 0 Å². The van der Waals surface area contributed by atoms with Crippen LogP contribution >= 0.6 is 0 Å². The predicted molar refractivity (Wildman–Crippen MR) is 274 cm³/mol. The van der Waals surface area contributed by atoms with Crippen molar-refractivity contribution in [2.24, 2.45) is 0 Å². The number of rotatable bonds is 42. The molecule has 0 aromatic rings. The summed E-state index contributed by atoms with van der Waals surface area (Å²) in [6, 6.07) is 0. The van der Waals surface area contributed by atoms with Crippen molar-refractivity contribution in [2.45, 2.75) is 187 Å². The highest BCUT2D eigenvalue weighted by atomic mass is 16.6. The van der Waals surface area contributed by atoms with E-state index in [1.54, 1.807) is 0 Å². The summed E-state index contributed by atoms with van der Waals surface area (Å²) in [6.07, 6.45) is 72.7. The van der Waals surface area contributed by atoms with Crippen LogP contribution in [-0.2, 0) is 28.6 Å². The van der Waals surface area contributed by atoms with E-state index < -0.39 is 12.1 Å². The van der Waals surface area contributed by atoms with Crippen molar-refractivity contribution in [1.82, 2.24) is 0 Å². The molecule has 0 aromatic carbocycles. The number of hydrogen-bond donors (Lipinski definition) is 0. The number of carbonyl (C=O) groups excluding carboxylic acids is 3. The van der Waals surface area contributed by atoms with E-state index >= 15 is 0 Å². The summed E-state index contributed by atoms with van der Waals surface area (Å²) in [5.74, 6) is -1.09. The van der Waals surface area contributed by atoms with Gasteiger partial charge in [0.15, 0.2) is 6.10 Å². The van der Waals surface area contributed by atoms with Gasteiger partial charge in [-0.05, 0) is 96.3 Å². The Morgan fingerprint density at radius 1 is 0.344 bits per heavy atom. The van der Waals surface area contributed by atoms with Gasteiger partial charge in [0.25, 0.3) is 0 Å². The molecule has 0 amide bonds. The van der Waals surface area contributed by atoms with E-state index in [0.29, 0.717) is 19.3 Å². The molecular weight excluding hydrogens is 793 g/mol. The van der Waals surface area contributed by atoms with Crippen molar-refractivity contribution in [3.05, 3.63) is 146 Å². The molecule has 0 N–H and O–H groups in total. The van der Waals surface area contributed by atoms with Crippen molar-refractivity contribution in [3.8, 4) is 0 Å². The van der Waals surface area contributed by atoms with Crippen LogP contribution in [0.1, 0.15) is 181 Å². The summed E-state index contributed by atoms with van der Waals surface area (Å²) in [6.45, 7) is 6.22. The number of hydrogen-bond acceptors (Lipinski definition) is 6. The van der Waals surface area contributed by atoms with E-state index in [1.165, 1.54) is 38.5 Å². The number of carbonyl (C=O) groups is 3. The second-order valence-corrected chi connectivity index (χ2v) is 15.8. The average molecular weight is 881 g/mol. The van der Waals surface area contributed by atoms with Crippen LogP contribution in [0.4, 0.5) is 0 Å². The molecule has 0 aromatic heterocycles. The fourth-order valence-corrected chi connectivity index (χ4v) is 6.04. The molecule has 0 saturated heterocycles. The largest absolute Gasteiger partial charge is 0.462 e. The summed E-state index contributed by atoms with van der Waals surface area (Å²) in [5, 5.41) is 0. The molecule has 0 aliphatic rings. The maximum atomic E-state index is 12.8. The molecule has 0 saturated carbocycles.